The lowest BCUT2D eigenvalue weighted by atomic mass is 10.0. The van der Waals surface area contributed by atoms with Crippen molar-refractivity contribution in [2.75, 3.05) is 13.2 Å². The maximum Gasteiger partial charge on any atom is 0.188 e. The Morgan fingerprint density at radius 2 is 1.94 bits per heavy atom. The van der Waals surface area contributed by atoms with Crippen molar-refractivity contribution < 1.29 is 9.53 Å². The van der Waals surface area contributed by atoms with E-state index in [4.69, 9.17) is 4.74 Å². The van der Waals surface area contributed by atoms with Crippen LogP contribution in [-0.2, 0) is 4.74 Å². The van der Waals surface area contributed by atoms with Gasteiger partial charge in [-0.15, -0.1) is 0 Å². The molecule has 2 nitrogen and oxygen atoms in total. The van der Waals surface area contributed by atoms with Gasteiger partial charge < -0.3 is 4.74 Å². The minimum Gasteiger partial charge on any atom is -0.369 e. The first-order chi connectivity index (χ1) is 8.15. The number of rotatable bonds is 6. The van der Waals surface area contributed by atoms with Crippen LogP contribution in [0.15, 0.2) is 36.4 Å². The summed E-state index contributed by atoms with van der Waals surface area (Å²) in [7, 11) is 0. The Balaban J connectivity index is 2.52. The zero-order valence-electron chi connectivity index (χ0n) is 10.8. The molecule has 1 aromatic rings. The molecule has 0 aliphatic heterocycles. The highest BCUT2D eigenvalue weighted by molar-refractivity contribution is 5.97. The fourth-order valence-electron chi connectivity index (χ4n) is 1.45. The van der Waals surface area contributed by atoms with Crippen molar-refractivity contribution in [2.45, 2.75) is 26.7 Å². The Morgan fingerprint density at radius 1 is 1.29 bits per heavy atom. The van der Waals surface area contributed by atoms with Gasteiger partial charge in [0.05, 0.1) is 6.61 Å². The van der Waals surface area contributed by atoms with E-state index >= 15 is 0 Å². The first-order valence-corrected chi connectivity index (χ1v) is 5.97. The van der Waals surface area contributed by atoms with Crippen molar-refractivity contribution in [2.24, 2.45) is 0 Å². The average molecular weight is 232 g/mol. The Bertz CT molecular complexity index is 374. The normalized spacial score (nSPS) is 11.3. The lowest BCUT2D eigenvalue weighted by Crippen LogP contribution is -2.09. The third-order valence-electron chi connectivity index (χ3n) is 2.58. The van der Waals surface area contributed by atoms with Crippen LogP contribution in [0.1, 0.15) is 42.6 Å². The van der Waals surface area contributed by atoms with E-state index in [1.165, 1.54) is 5.56 Å². The summed E-state index contributed by atoms with van der Waals surface area (Å²) in [4.78, 5) is 11.7. The van der Waals surface area contributed by atoms with Crippen LogP contribution in [0.5, 0.6) is 0 Å². The molecule has 0 bridgehead atoms. The summed E-state index contributed by atoms with van der Waals surface area (Å²) in [6.07, 6.45) is 3.79. The van der Waals surface area contributed by atoms with Gasteiger partial charge in [-0.3, -0.25) is 4.79 Å². The summed E-state index contributed by atoms with van der Waals surface area (Å²) < 4.78 is 5.23. The molecule has 92 valence electrons. The molecule has 0 radical (unpaired) electrons. The first-order valence-electron chi connectivity index (χ1n) is 5.97. The number of Topliss-reactive ketones (excluding diaryl/α,β-unsaturated/α-hetero) is 1. The monoisotopic (exact) mass is 232 g/mol. The van der Waals surface area contributed by atoms with Crippen LogP contribution in [-0.4, -0.2) is 19.0 Å². The van der Waals surface area contributed by atoms with E-state index < -0.39 is 0 Å². The zero-order chi connectivity index (χ0) is 12.7. The van der Waals surface area contributed by atoms with E-state index in [1.807, 2.05) is 43.3 Å². The van der Waals surface area contributed by atoms with Crippen molar-refractivity contribution in [1.82, 2.24) is 0 Å². The molecule has 17 heavy (non-hydrogen) atoms. The fraction of sp³-hybridized carbons (Fsp3) is 0.400. The minimum absolute atomic E-state index is 0.0322. The van der Waals surface area contributed by atoms with Gasteiger partial charge in [-0.05, 0) is 18.4 Å². The van der Waals surface area contributed by atoms with E-state index in [0.717, 1.165) is 5.56 Å². The predicted octanol–water partition coefficient (Wildman–Crippen LogP) is 3.59. The quantitative estimate of drug-likeness (QED) is 0.425. The van der Waals surface area contributed by atoms with Gasteiger partial charge in [0.25, 0.3) is 0 Å². The second-order valence-corrected chi connectivity index (χ2v) is 4.28. The van der Waals surface area contributed by atoms with Gasteiger partial charge in [-0.1, -0.05) is 50.3 Å². The molecule has 0 aliphatic carbocycles. The third-order valence-corrected chi connectivity index (χ3v) is 2.58. The second-order valence-electron chi connectivity index (χ2n) is 4.28. The molecule has 1 aromatic carbocycles. The van der Waals surface area contributed by atoms with Gasteiger partial charge in [0.15, 0.2) is 5.78 Å². The number of ether oxygens (including phenoxy) is 1. The van der Waals surface area contributed by atoms with E-state index in [2.05, 4.69) is 13.8 Å². The molecular formula is C15H20O2. The molecule has 0 amide bonds. The molecule has 0 atom stereocenters. The number of ketones is 1. The highest BCUT2D eigenvalue weighted by Crippen LogP contribution is 2.14. The van der Waals surface area contributed by atoms with E-state index in [1.54, 1.807) is 0 Å². The van der Waals surface area contributed by atoms with Crippen LogP contribution < -0.4 is 0 Å². The van der Waals surface area contributed by atoms with Gasteiger partial charge in [0.2, 0.25) is 0 Å². The maximum absolute atomic E-state index is 11.7. The molecule has 2 heteroatoms. The molecular weight excluding hydrogens is 212 g/mol. The number of allylic oxidation sites excluding steroid dienone is 1. The van der Waals surface area contributed by atoms with E-state index in [0.29, 0.717) is 12.5 Å². The van der Waals surface area contributed by atoms with Crippen molar-refractivity contribution in [3.05, 3.63) is 47.5 Å². The SMILES string of the molecule is CC=CCOCC(=O)c1ccc(C(C)C)cc1. The smallest absolute Gasteiger partial charge is 0.188 e. The van der Waals surface area contributed by atoms with Gasteiger partial charge in [0.1, 0.15) is 6.61 Å². The number of hydrogen-bond donors (Lipinski definition) is 0. The van der Waals surface area contributed by atoms with Crippen molar-refractivity contribution in [3.8, 4) is 0 Å². The highest BCUT2D eigenvalue weighted by Gasteiger charge is 2.06. The highest BCUT2D eigenvalue weighted by atomic mass is 16.5. The largest absolute Gasteiger partial charge is 0.369 e. The van der Waals surface area contributed by atoms with E-state index in [-0.39, 0.29) is 12.4 Å². The van der Waals surface area contributed by atoms with Crippen LogP contribution in [0.25, 0.3) is 0 Å². The number of carbonyl (C=O) groups excluding carboxylic acids is 1. The zero-order valence-corrected chi connectivity index (χ0v) is 10.8. The standard InChI is InChI=1S/C15H20O2/c1-4-5-10-17-11-15(16)14-8-6-13(7-9-14)12(2)3/h4-9,12H,10-11H2,1-3H3. The predicted molar refractivity (Wildman–Crippen MR) is 70.5 cm³/mol. The number of carbonyl (C=O) groups is 1. The van der Waals surface area contributed by atoms with Crippen molar-refractivity contribution in [3.63, 3.8) is 0 Å². The average Bonchev–Trinajstić information content (AvgIpc) is 2.34. The third kappa shape index (κ3) is 4.53. The molecule has 0 fully saturated rings. The van der Waals surface area contributed by atoms with Gasteiger partial charge >= 0.3 is 0 Å². The maximum atomic E-state index is 11.7. The number of benzene rings is 1. The van der Waals surface area contributed by atoms with Gasteiger partial charge in [-0.25, -0.2) is 0 Å². The van der Waals surface area contributed by atoms with Crippen LogP contribution >= 0.6 is 0 Å². The topological polar surface area (TPSA) is 26.3 Å². The Labute approximate surface area is 103 Å². The summed E-state index contributed by atoms with van der Waals surface area (Å²) in [5.41, 5.74) is 1.96. The van der Waals surface area contributed by atoms with Crippen molar-refractivity contribution in [1.29, 1.82) is 0 Å². The fourth-order valence-corrected chi connectivity index (χ4v) is 1.45. The molecule has 0 spiro atoms. The Hall–Kier alpha value is -1.41. The lowest BCUT2D eigenvalue weighted by molar-refractivity contribution is 0.0806. The summed E-state index contributed by atoms with van der Waals surface area (Å²) >= 11 is 0. The molecule has 0 aromatic heterocycles. The first kappa shape index (κ1) is 13.7. The van der Waals surface area contributed by atoms with Crippen LogP contribution in [0.2, 0.25) is 0 Å². The molecule has 0 N–H and O–H groups in total. The van der Waals surface area contributed by atoms with Crippen LogP contribution in [0.3, 0.4) is 0 Å². The van der Waals surface area contributed by atoms with Crippen LogP contribution in [0, 0.1) is 0 Å². The lowest BCUT2D eigenvalue weighted by Gasteiger charge is -2.06. The summed E-state index contributed by atoms with van der Waals surface area (Å²) in [6.45, 7) is 6.83. The summed E-state index contributed by atoms with van der Waals surface area (Å²) in [5, 5.41) is 0. The van der Waals surface area contributed by atoms with Crippen molar-refractivity contribution >= 4 is 5.78 Å². The minimum atomic E-state index is 0.0322. The number of hydrogen-bond acceptors (Lipinski definition) is 2. The van der Waals surface area contributed by atoms with Gasteiger partial charge in [0, 0.05) is 5.56 Å². The van der Waals surface area contributed by atoms with Crippen LogP contribution in [0.4, 0.5) is 0 Å². The summed E-state index contributed by atoms with van der Waals surface area (Å²) in [5.74, 6) is 0.523. The summed E-state index contributed by atoms with van der Waals surface area (Å²) in [6, 6.07) is 7.75. The molecule has 0 saturated carbocycles. The second kappa shape index (κ2) is 7.02. The molecule has 1 rings (SSSR count). The molecule has 0 saturated heterocycles. The Kier molecular flexibility index (Phi) is 5.64. The molecule has 0 aliphatic rings. The van der Waals surface area contributed by atoms with Gasteiger partial charge in [-0.2, -0.15) is 0 Å². The van der Waals surface area contributed by atoms with E-state index in [9.17, 15) is 4.79 Å². The molecule has 0 unspecified atom stereocenters. The Morgan fingerprint density at radius 3 is 2.47 bits per heavy atom. The molecule has 0 heterocycles.